The highest BCUT2D eigenvalue weighted by molar-refractivity contribution is 14.0. The van der Waals surface area contributed by atoms with Gasteiger partial charge < -0.3 is 25.0 Å². The topological polar surface area (TPSA) is 58.1 Å². The van der Waals surface area contributed by atoms with E-state index in [1.54, 1.807) is 14.2 Å². The van der Waals surface area contributed by atoms with Crippen molar-refractivity contribution < 1.29 is 9.47 Å². The largest absolute Gasteiger partial charge is 0.497 e. The van der Waals surface area contributed by atoms with Crippen molar-refractivity contribution in [1.82, 2.24) is 15.5 Å². The Balaban J connectivity index is 0.00000312. The smallest absolute Gasteiger partial charge is 0.191 e. The van der Waals surface area contributed by atoms with Gasteiger partial charge in [0, 0.05) is 19.7 Å². The first kappa shape index (κ1) is 22.0. The number of halogens is 1. The van der Waals surface area contributed by atoms with Crippen LogP contribution in [-0.2, 0) is 4.74 Å². The van der Waals surface area contributed by atoms with E-state index < -0.39 is 0 Å². The van der Waals surface area contributed by atoms with Crippen LogP contribution in [0.2, 0.25) is 0 Å². The lowest BCUT2D eigenvalue weighted by atomic mass is 10.1. The van der Waals surface area contributed by atoms with E-state index in [1.165, 1.54) is 18.4 Å². The number of hydrogen-bond donors (Lipinski definition) is 2. The lowest BCUT2D eigenvalue weighted by molar-refractivity contribution is 0.203. The second kappa shape index (κ2) is 11.5. The fraction of sp³-hybridized carbons (Fsp3) is 0.611. The van der Waals surface area contributed by atoms with E-state index in [9.17, 15) is 0 Å². The van der Waals surface area contributed by atoms with Crippen LogP contribution in [0.4, 0.5) is 0 Å². The zero-order valence-electron chi connectivity index (χ0n) is 15.6. The Morgan fingerprint density at radius 3 is 2.68 bits per heavy atom. The van der Waals surface area contributed by atoms with Crippen molar-refractivity contribution in [2.24, 2.45) is 4.99 Å². The number of ether oxygens (including phenoxy) is 2. The molecule has 0 amide bonds. The zero-order chi connectivity index (χ0) is 17.4. The Morgan fingerprint density at radius 2 is 2.08 bits per heavy atom. The molecule has 0 radical (unpaired) electrons. The van der Waals surface area contributed by atoms with E-state index in [4.69, 9.17) is 14.5 Å². The third-order valence-corrected chi connectivity index (χ3v) is 4.04. The summed E-state index contributed by atoms with van der Waals surface area (Å²) in [4.78, 5) is 6.97. The lowest BCUT2D eigenvalue weighted by Crippen LogP contribution is -2.40. The van der Waals surface area contributed by atoms with E-state index in [0.717, 1.165) is 18.3 Å². The number of nitrogens with zero attached hydrogens (tertiary/aromatic N) is 2. The molecule has 0 bridgehead atoms. The van der Waals surface area contributed by atoms with Gasteiger partial charge in [0.1, 0.15) is 5.75 Å². The van der Waals surface area contributed by atoms with Gasteiger partial charge in [-0.25, -0.2) is 0 Å². The fourth-order valence-corrected chi connectivity index (χ4v) is 2.44. The minimum Gasteiger partial charge on any atom is -0.497 e. The summed E-state index contributed by atoms with van der Waals surface area (Å²) in [5, 5.41) is 6.79. The minimum atomic E-state index is 0. The van der Waals surface area contributed by atoms with E-state index in [-0.39, 0.29) is 30.0 Å². The van der Waals surface area contributed by atoms with Crippen molar-refractivity contribution in [3.8, 4) is 5.75 Å². The Hall–Kier alpha value is -1.06. The predicted molar refractivity (Wildman–Crippen MR) is 113 cm³/mol. The molecule has 1 unspecified atom stereocenters. The van der Waals surface area contributed by atoms with Gasteiger partial charge in [0.05, 0.1) is 26.3 Å². The molecule has 0 saturated heterocycles. The average Bonchev–Trinajstić information content (AvgIpc) is 3.39. The molecule has 1 atom stereocenters. The summed E-state index contributed by atoms with van der Waals surface area (Å²) in [6.45, 7) is 2.09. The van der Waals surface area contributed by atoms with E-state index >= 15 is 0 Å². The third kappa shape index (κ3) is 7.79. The Labute approximate surface area is 168 Å². The van der Waals surface area contributed by atoms with Crippen LogP contribution in [0, 0.1) is 0 Å². The van der Waals surface area contributed by atoms with E-state index in [2.05, 4.69) is 41.8 Å². The maximum absolute atomic E-state index is 5.34. The van der Waals surface area contributed by atoms with Gasteiger partial charge in [0.25, 0.3) is 0 Å². The quantitative estimate of drug-likeness (QED) is 0.255. The highest BCUT2D eigenvalue weighted by Gasteiger charge is 2.22. The molecule has 0 aliphatic heterocycles. The van der Waals surface area contributed by atoms with Crippen LogP contribution in [0.1, 0.15) is 24.4 Å². The molecule has 0 aromatic heterocycles. The van der Waals surface area contributed by atoms with Gasteiger partial charge in [0.2, 0.25) is 0 Å². The van der Waals surface area contributed by atoms with Gasteiger partial charge in [-0.15, -0.1) is 24.0 Å². The number of rotatable bonds is 9. The molecule has 7 heteroatoms. The molecular formula is C18H31IN4O2. The van der Waals surface area contributed by atoms with Gasteiger partial charge in [-0.1, -0.05) is 12.1 Å². The third-order valence-electron chi connectivity index (χ3n) is 4.04. The summed E-state index contributed by atoms with van der Waals surface area (Å²) in [5.74, 6) is 1.74. The summed E-state index contributed by atoms with van der Waals surface area (Å²) in [7, 11) is 7.55. The molecule has 1 aliphatic rings. The van der Waals surface area contributed by atoms with Crippen LogP contribution >= 0.6 is 24.0 Å². The molecule has 1 fully saturated rings. The van der Waals surface area contributed by atoms with Crippen LogP contribution in [0.25, 0.3) is 0 Å². The number of benzene rings is 1. The Morgan fingerprint density at radius 1 is 1.32 bits per heavy atom. The second-order valence-corrected chi connectivity index (χ2v) is 6.28. The van der Waals surface area contributed by atoms with Crippen LogP contribution in [0.15, 0.2) is 29.3 Å². The van der Waals surface area contributed by atoms with Gasteiger partial charge >= 0.3 is 0 Å². The molecule has 2 N–H and O–H groups in total. The first-order valence-electron chi connectivity index (χ1n) is 8.48. The van der Waals surface area contributed by atoms with Crippen molar-refractivity contribution in [3.05, 3.63) is 29.8 Å². The fourth-order valence-electron chi connectivity index (χ4n) is 2.44. The van der Waals surface area contributed by atoms with Crippen LogP contribution < -0.4 is 15.4 Å². The second-order valence-electron chi connectivity index (χ2n) is 6.28. The molecule has 25 heavy (non-hydrogen) atoms. The highest BCUT2D eigenvalue weighted by atomic mass is 127. The summed E-state index contributed by atoms with van der Waals surface area (Å²) in [5.41, 5.74) is 1.20. The highest BCUT2D eigenvalue weighted by Crippen LogP contribution is 2.23. The summed E-state index contributed by atoms with van der Waals surface area (Å²) < 4.78 is 10.4. The van der Waals surface area contributed by atoms with Gasteiger partial charge in [0.15, 0.2) is 5.96 Å². The Bertz CT molecular complexity index is 536. The monoisotopic (exact) mass is 462 g/mol. The van der Waals surface area contributed by atoms with E-state index in [0.29, 0.717) is 19.2 Å². The molecule has 0 spiro atoms. The van der Waals surface area contributed by atoms with Crippen LogP contribution in [-0.4, -0.2) is 64.9 Å². The molecule has 1 aromatic rings. The predicted octanol–water partition coefficient (Wildman–Crippen LogP) is 2.26. The molecule has 6 nitrogen and oxygen atoms in total. The first-order valence-corrected chi connectivity index (χ1v) is 8.48. The maximum Gasteiger partial charge on any atom is 0.191 e. The lowest BCUT2D eigenvalue weighted by Gasteiger charge is -2.24. The normalized spacial score (nSPS) is 15.5. The van der Waals surface area contributed by atoms with Gasteiger partial charge in [-0.3, -0.25) is 4.99 Å². The van der Waals surface area contributed by atoms with Crippen LogP contribution in [0.5, 0.6) is 5.75 Å². The SMILES string of the molecule is COCCNC(=NCC(c1cccc(OC)c1)N(C)C)NC1CC1.I. The molecular weight excluding hydrogens is 431 g/mol. The first-order chi connectivity index (χ1) is 11.6. The number of likely N-dealkylation sites (N-methyl/N-ethyl adjacent to an activating group) is 1. The number of aliphatic imine (C=N–C) groups is 1. The van der Waals surface area contributed by atoms with Crippen molar-refractivity contribution in [1.29, 1.82) is 0 Å². The van der Waals surface area contributed by atoms with Crippen molar-refractivity contribution in [3.63, 3.8) is 0 Å². The molecule has 1 aromatic carbocycles. The van der Waals surface area contributed by atoms with Crippen LogP contribution in [0.3, 0.4) is 0 Å². The van der Waals surface area contributed by atoms with E-state index in [1.807, 2.05) is 12.1 Å². The van der Waals surface area contributed by atoms with Crippen molar-refractivity contribution >= 4 is 29.9 Å². The summed E-state index contributed by atoms with van der Waals surface area (Å²) in [6, 6.07) is 8.94. The molecule has 142 valence electrons. The van der Waals surface area contributed by atoms with Crippen molar-refractivity contribution in [2.75, 3.05) is 48.0 Å². The summed E-state index contributed by atoms with van der Waals surface area (Å²) in [6.07, 6.45) is 2.44. The van der Waals surface area contributed by atoms with Gasteiger partial charge in [-0.05, 0) is 44.6 Å². The standard InChI is InChI=1S/C18H30N4O2.HI/c1-22(2)17(14-6-5-7-16(12-14)24-4)13-20-18(19-10-11-23-3)21-15-8-9-15;/h5-7,12,15,17H,8-11,13H2,1-4H3,(H2,19,20,21);1H. The molecule has 0 heterocycles. The maximum atomic E-state index is 5.34. The Kier molecular flexibility index (Phi) is 10.1. The number of guanidine groups is 1. The number of nitrogens with one attached hydrogen (secondary N) is 2. The van der Waals surface area contributed by atoms with Crippen molar-refractivity contribution in [2.45, 2.75) is 24.9 Å². The average molecular weight is 462 g/mol. The van der Waals surface area contributed by atoms with Gasteiger partial charge in [-0.2, -0.15) is 0 Å². The molecule has 1 aliphatic carbocycles. The number of hydrogen-bond acceptors (Lipinski definition) is 4. The summed E-state index contributed by atoms with van der Waals surface area (Å²) >= 11 is 0. The molecule has 2 rings (SSSR count). The molecule has 1 saturated carbocycles. The zero-order valence-corrected chi connectivity index (χ0v) is 17.9. The minimum absolute atomic E-state index is 0. The number of methoxy groups -OCH3 is 2.